The van der Waals surface area contributed by atoms with Crippen molar-refractivity contribution < 1.29 is 38.2 Å². The molecule has 0 N–H and O–H groups in total. The van der Waals surface area contributed by atoms with Crippen LogP contribution < -0.4 is 5.11 Å². The molecule has 0 aromatic rings. The first-order chi connectivity index (χ1) is 26.1. The Labute approximate surface area is 331 Å². The standard InChI is InChI=1S/C46H81NO7/c1-6-8-10-12-14-16-18-19-20-21-22-23-24-25-26-27-29-31-33-35-37-45(49)54-42(40-52-39-38-43(46(50)51)47(3,4)5)41-53-44(48)36-34-32-30-28-17-15-13-11-9-7-2/h8,10,13-16,19-20,42-43H,6-7,9,11-12,17-18,21-41H2,1-5H3/b10-8+,15-13+,16-14+,20-19+. The molecule has 0 aromatic heterocycles. The van der Waals surface area contributed by atoms with Gasteiger partial charge in [-0.15, -0.1) is 0 Å². The number of carbonyl (C=O) groups excluding carboxylic acids is 3. The number of aliphatic carboxylic acids is 1. The number of rotatable bonds is 38. The molecule has 0 aromatic carbocycles. The van der Waals surface area contributed by atoms with Gasteiger partial charge in [0, 0.05) is 19.3 Å². The third kappa shape index (κ3) is 35.0. The lowest BCUT2D eigenvalue weighted by molar-refractivity contribution is -0.889. The molecule has 0 aliphatic rings. The fourth-order valence-electron chi connectivity index (χ4n) is 6.07. The zero-order valence-electron chi connectivity index (χ0n) is 35.4. The minimum absolute atomic E-state index is 0.0351. The molecule has 0 saturated heterocycles. The molecule has 2 unspecified atom stereocenters. The van der Waals surface area contributed by atoms with Crippen molar-refractivity contribution in [1.82, 2.24) is 0 Å². The van der Waals surface area contributed by atoms with Crippen LogP contribution in [0.3, 0.4) is 0 Å². The first kappa shape index (κ1) is 51.3. The minimum atomic E-state index is -1.13. The topological polar surface area (TPSA) is 102 Å². The fraction of sp³-hybridized carbons (Fsp3) is 0.761. The van der Waals surface area contributed by atoms with Crippen molar-refractivity contribution in [2.45, 2.75) is 187 Å². The number of hydrogen-bond donors (Lipinski definition) is 0. The van der Waals surface area contributed by atoms with Crippen LogP contribution in [0.2, 0.25) is 0 Å². The highest BCUT2D eigenvalue weighted by Crippen LogP contribution is 2.14. The number of nitrogens with zero attached hydrogens (tertiary/aromatic N) is 1. The normalized spacial score (nSPS) is 13.4. The van der Waals surface area contributed by atoms with Crippen molar-refractivity contribution in [2.24, 2.45) is 0 Å². The van der Waals surface area contributed by atoms with E-state index in [1.54, 1.807) is 21.1 Å². The summed E-state index contributed by atoms with van der Waals surface area (Å²) < 4.78 is 17.1. The second kappa shape index (κ2) is 37.2. The Hall–Kier alpha value is -2.71. The SMILES string of the molecule is CC/C=C/C/C=C/C/C=C/CCCCCCCCCCCCC(=O)OC(COCCC(C(=O)[O-])[N+](C)(C)C)COC(=O)CCCCCC/C=C/CCCC. The van der Waals surface area contributed by atoms with E-state index < -0.39 is 18.1 Å². The van der Waals surface area contributed by atoms with Crippen molar-refractivity contribution in [1.29, 1.82) is 0 Å². The summed E-state index contributed by atoms with van der Waals surface area (Å²) in [5.41, 5.74) is 0. The van der Waals surface area contributed by atoms with Crippen LogP contribution in [0.1, 0.15) is 174 Å². The molecule has 0 aliphatic heterocycles. The van der Waals surface area contributed by atoms with Crippen molar-refractivity contribution >= 4 is 17.9 Å². The third-order valence-electron chi connectivity index (χ3n) is 9.45. The van der Waals surface area contributed by atoms with Gasteiger partial charge in [-0.25, -0.2) is 0 Å². The lowest BCUT2D eigenvalue weighted by Gasteiger charge is -2.34. The molecule has 0 amide bonds. The Morgan fingerprint density at radius 1 is 0.574 bits per heavy atom. The number of carboxylic acid groups (broad SMARTS) is 1. The van der Waals surface area contributed by atoms with Crippen LogP contribution in [-0.4, -0.2) is 75.5 Å². The van der Waals surface area contributed by atoms with Crippen LogP contribution in [0, 0.1) is 0 Å². The predicted molar refractivity (Wildman–Crippen MR) is 222 cm³/mol. The maximum Gasteiger partial charge on any atom is 0.306 e. The van der Waals surface area contributed by atoms with Crippen LogP contribution in [-0.2, 0) is 28.6 Å². The summed E-state index contributed by atoms with van der Waals surface area (Å²) in [7, 11) is 5.40. The van der Waals surface area contributed by atoms with Gasteiger partial charge in [-0.2, -0.15) is 0 Å². The number of likely N-dealkylation sites (N-methyl/N-ethyl adjacent to an activating group) is 1. The zero-order chi connectivity index (χ0) is 40.0. The van der Waals surface area contributed by atoms with E-state index in [0.717, 1.165) is 77.0 Å². The van der Waals surface area contributed by atoms with E-state index in [9.17, 15) is 19.5 Å². The van der Waals surface area contributed by atoms with Gasteiger partial charge in [0.2, 0.25) is 0 Å². The molecule has 0 saturated carbocycles. The molecule has 8 heteroatoms. The number of quaternary nitrogens is 1. The number of ether oxygens (including phenoxy) is 3. The zero-order valence-corrected chi connectivity index (χ0v) is 35.4. The molecule has 0 spiro atoms. The van der Waals surface area contributed by atoms with E-state index in [1.165, 1.54) is 64.2 Å². The first-order valence-electron chi connectivity index (χ1n) is 21.7. The van der Waals surface area contributed by atoms with Gasteiger partial charge < -0.3 is 28.6 Å². The fourth-order valence-corrected chi connectivity index (χ4v) is 6.07. The van der Waals surface area contributed by atoms with Crippen LogP contribution in [0.5, 0.6) is 0 Å². The average molecular weight is 760 g/mol. The van der Waals surface area contributed by atoms with E-state index >= 15 is 0 Å². The smallest absolute Gasteiger partial charge is 0.306 e. The molecule has 312 valence electrons. The van der Waals surface area contributed by atoms with Crippen LogP contribution in [0.25, 0.3) is 0 Å². The molecule has 0 rings (SSSR count). The minimum Gasteiger partial charge on any atom is -0.544 e. The first-order valence-corrected chi connectivity index (χ1v) is 21.7. The van der Waals surface area contributed by atoms with Gasteiger partial charge in [-0.1, -0.05) is 140 Å². The summed E-state index contributed by atoms with van der Waals surface area (Å²) in [5, 5.41) is 11.6. The highest BCUT2D eigenvalue weighted by Gasteiger charge is 2.25. The van der Waals surface area contributed by atoms with Gasteiger partial charge in [0.15, 0.2) is 6.10 Å². The summed E-state index contributed by atoms with van der Waals surface area (Å²) in [4.78, 5) is 36.7. The largest absolute Gasteiger partial charge is 0.544 e. The third-order valence-corrected chi connectivity index (χ3v) is 9.45. The molecule has 0 aliphatic carbocycles. The van der Waals surface area contributed by atoms with Crippen molar-refractivity contribution in [3.8, 4) is 0 Å². The van der Waals surface area contributed by atoms with Gasteiger partial charge in [-0.05, 0) is 64.2 Å². The van der Waals surface area contributed by atoms with Crippen LogP contribution >= 0.6 is 0 Å². The highest BCUT2D eigenvalue weighted by molar-refractivity contribution is 5.70. The maximum atomic E-state index is 12.7. The number of allylic oxidation sites excluding steroid dienone is 8. The Morgan fingerprint density at radius 2 is 1.04 bits per heavy atom. The van der Waals surface area contributed by atoms with Crippen molar-refractivity contribution in [3.63, 3.8) is 0 Å². The highest BCUT2D eigenvalue weighted by atomic mass is 16.6. The quantitative estimate of drug-likeness (QED) is 0.0267. The maximum absolute atomic E-state index is 12.7. The van der Waals surface area contributed by atoms with Crippen molar-refractivity contribution in [2.75, 3.05) is 41.0 Å². The average Bonchev–Trinajstić information content (AvgIpc) is 3.12. The monoisotopic (exact) mass is 760 g/mol. The Kier molecular flexibility index (Phi) is 35.4. The Morgan fingerprint density at radius 3 is 1.56 bits per heavy atom. The van der Waals surface area contributed by atoms with Gasteiger partial charge >= 0.3 is 11.9 Å². The van der Waals surface area contributed by atoms with Crippen LogP contribution in [0.15, 0.2) is 48.6 Å². The summed E-state index contributed by atoms with van der Waals surface area (Å²) >= 11 is 0. The molecular formula is C46H81NO7. The van der Waals surface area contributed by atoms with E-state index in [2.05, 4.69) is 62.5 Å². The molecule has 0 heterocycles. The van der Waals surface area contributed by atoms with E-state index in [-0.39, 0.29) is 42.7 Å². The second-order valence-electron chi connectivity index (χ2n) is 15.5. The molecule has 0 fully saturated rings. The molecule has 54 heavy (non-hydrogen) atoms. The number of carbonyl (C=O) groups is 3. The molecule has 0 radical (unpaired) electrons. The van der Waals surface area contributed by atoms with Crippen molar-refractivity contribution in [3.05, 3.63) is 48.6 Å². The molecular weight excluding hydrogens is 679 g/mol. The summed E-state index contributed by atoms with van der Waals surface area (Å²) in [6, 6.07) is -0.727. The number of esters is 2. The summed E-state index contributed by atoms with van der Waals surface area (Å²) in [6.07, 6.45) is 42.8. The number of carboxylic acids is 1. The van der Waals surface area contributed by atoms with E-state index in [4.69, 9.17) is 14.2 Å². The Bertz CT molecular complexity index is 1030. The lowest BCUT2D eigenvalue weighted by Crippen LogP contribution is -2.55. The Balaban J connectivity index is 4.29. The van der Waals surface area contributed by atoms with Crippen LogP contribution in [0.4, 0.5) is 0 Å². The predicted octanol–water partition coefficient (Wildman–Crippen LogP) is 10.3. The summed E-state index contributed by atoms with van der Waals surface area (Å²) in [5.74, 6) is -1.76. The summed E-state index contributed by atoms with van der Waals surface area (Å²) in [6.45, 7) is 4.49. The van der Waals surface area contributed by atoms with Gasteiger partial charge in [0.1, 0.15) is 12.6 Å². The van der Waals surface area contributed by atoms with Gasteiger partial charge in [-0.3, -0.25) is 9.59 Å². The van der Waals surface area contributed by atoms with Gasteiger partial charge in [0.05, 0.1) is 40.3 Å². The number of unbranched alkanes of at least 4 members (excludes halogenated alkanes) is 16. The van der Waals surface area contributed by atoms with E-state index in [1.807, 2.05) is 0 Å². The second-order valence-corrected chi connectivity index (χ2v) is 15.5. The van der Waals surface area contributed by atoms with Gasteiger partial charge in [0.25, 0.3) is 0 Å². The lowest BCUT2D eigenvalue weighted by atomic mass is 10.0. The van der Waals surface area contributed by atoms with E-state index in [0.29, 0.717) is 12.8 Å². The molecule has 8 nitrogen and oxygen atoms in total. The molecule has 0 bridgehead atoms. The molecule has 2 atom stereocenters. The number of hydrogen-bond acceptors (Lipinski definition) is 7.